The molecule has 0 bridgehead atoms. The van der Waals surface area contributed by atoms with Gasteiger partial charge in [-0.2, -0.15) is 18.2 Å². The van der Waals surface area contributed by atoms with Gasteiger partial charge < -0.3 is 10.2 Å². The van der Waals surface area contributed by atoms with E-state index < -0.39 is 17.8 Å². The summed E-state index contributed by atoms with van der Waals surface area (Å²) in [6.45, 7) is 4.61. The Kier molecular flexibility index (Phi) is 4.53. The van der Waals surface area contributed by atoms with E-state index in [0.717, 1.165) is 17.3 Å². The Labute approximate surface area is 165 Å². The van der Waals surface area contributed by atoms with Crippen molar-refractivity contribution in [2.24, 2.45) is 9.98 Å². The lowest BCUT2D eigenvalue weighted by molar-refractivity contribution is -0.138. The first-order chi connectivity index (χ1) is 13.3. The van der Waals surface area contributed by atoms with E-state index in [4.69, 9.17) is 11.6 Å². The maximum atomic E-state index is 13.3. The van der Waals surface area contributed by atoms with Crippen molar-refractivity contribution in [1.29, 1.82) is 0 Å². The highest BCUT2D eigenvalue weighted by Gasteiger charge is 2.34. The van der Waals surface area contributed by atoms with Crippen molar-refractivity contribution in [2.75, 3.05) is 18.0 Å². The lowest BCUT2D eigenvalue weighted by Crippen LogP contribution is -2.38. The van der Waals surface area contributed by atoms with Crippen LogP contribution in [0.4, 0.5) is 18.9 Å². The van der Waals surface area contributed by atoms with E-state index >= 15 is 0 Å². The summed E-state index contributed by atoms with van der Waals surface area (Å²) in [5, 5.41) is 3.55. The molecule has 0 saturated heterocycles. The molecule has 4 rings (SSSR count). The third-order valence-corrected chi connectivity index (χ3v) is 5.13. The van der Waals surface area contributed by atoms with Crippen LogP contribution in [0.2, 0.25) is 5.15 Å². The van der Waals surface area contributed by atoms with E-state index in [1.807, 2.05) is 4.90 Å². The highest BCUT2D eigenvalue weighted by molar-refractivity contribution is 6.30. The van der Waals surface area contributed by atoms with Crippen molar-refractivity contribution in [3.63, 3.8) is 0 Å². The Balaban J connectivity index is 1.71. The Bertz CT molecular complexity index is 1000. The number of pyridine rings is 1. The number of rotatable bonds is 2. The number of hydrogen-bond acceptors (Lipinski definition) is 5. The number of benzene rings is 1. The van der Waals surface area contributed by atoms with Gasteiger partial charge in [0.05, 0.1) is 30.0 Å². The first-order valence-corrected chi connectivity index (χ1v) is 9.13. The number of nitrogens with zero attached hydrogens (tertiary/aromatic N) is 4. The molecule has 0 amide bonds. The smallest absolute Gasteiger partial charge is 0.363 e. The van der Waals surface area contributed by atoms with E-state index in [-0.39, 0.29) is 5.56 Å². The fourth-order valence-electron chi connectivity index (χ4n) is 3.57. The fraction of sp³-hybridized carbons (Fsp3) is 0.316. The van der Waals surface area contributed by atoms with Crippen LogP contribution in [0.5, 0.6) is 0 Å². The van der Waals surface area contributed by atoms with Crippen LogP contribution in [0, 0.1) is 6.92 Å². The zero-order valence-corrected chi connectivity index (χ0v) is 15.9. The number of amidine groups is 1. The molecular formula is C19H17ClF3N5. The predicted molar refractivity (Wildman–Crippen MR) is 103 cm³/mol. The molecular weight excluding hydrogens is 391 g/mol. The summed E-state index contributed by atoms with van der Waals surface area (Å²) < 4.78 is 39.8. The minimum absolute atomic E-state index is 0.194. The van der Waals surface area contributed by atoms with Gasteiger partial charge >= 0.3 is 6.18 Å². The van der Waals surface area contributed by atoms with Crippen LogP contribution >= 0.6 is 11.6 Å². The van der Waals surface area contributed by atoms with E-state index in [1.54, 1.807) is 25.3 Å². The number of halogens is 4. The van der Waals surface area contributed by atoms with Gasteiger partial charge in [-0.1, -0.05) is 23.7 Å². The van der Waals surface area contributed by atoms with Gasteiger partial charge in [0.25, 0.3) is 0 Å². The SMILES string of the molecule is Cc1c([C@@H](C)NC2=NC3=NCCN3c3cnc(Cl)cc32)cccc1C(F)(F)F. The van der Waals surface area contributed by atoms with Gasteiger partial charge in [-0.15, -0.1) is 0 Å². The van der Waals surface area contributed by atoms with E-state index in [0.29, 0.717) is 35.6 Å². The van der Waals surface area contributed by atoms with Crippen molar-refractivity contribution in [2.45, 2.75) is 26.1 Å². The second-order valence-electron chi connectivity index (χ2n) is 6.70. The number of guanidine groups is 1. The van der Waals surface area contributed by atoms with Crippen LogP contribution in [0.3, 0.4) is 0 Å². The molecule has 2 aromatic rings. The average molecular weight is 408 g/mol. The third kappa shape index (κ3) is 3.22. The summed E-state index contributed by atoms with van der Waals surface area (Å²) in [5.74, 6) is 1.08. The molecule has 0 fully saturated rings. The molecule has 1 aromatic heterocycles. The number of alkyl halides is 3. The van der Waals surface area contributed by atoms with Gasteiger partial charge in [0.2, 0.25) is 5.96 Å². The summed E-state index contributed by atoms with van der Waals surface area (Å²) in [4.78, 5) is 15.0. The molecule has 3 heterocycles. The quantitative estimate of drug-likeness (QED) is 0.753. The first kappa shape index (κ1) is 18.7. The standard InChI is InChI=1S/C19H17ClF3N5/c1-10-12(4-3-5-14(10)19(21,22)23)11(2)26-17-13-8-16(20)25-9-15(13)28-7-6-24-18(28)27-17/h3-5,8-9,11H,6-7H2,1-2H3,(H,24,26,27)/t11-/m1/s1. The molecule has 146 valence electrons. The van der Waals surface area contributed by atoms with E-state index in [2.05, 4.69) is 20.3 Å². The number of aliphatic imine (C=N–C) groups is 2. The Morgan fingerprint density at radius 3 is 2.82 bits per heavy atom. The molecule has 2 aliphatic heterocycles. The number of fused-ring (bicyclic) bond motifs is 3. The minimum atomic E-state index is -4.40. The fourth-order valence-corrected chi connectivity index (χ4v) is 3.73. The van der Waals surface area contributed by atoms with Gasteiger partial charge in [-0.3, -0.25) is 0 Å². The Morgan fingerprint density at radius 1 is 1.29 bits per heavy atom. The molecule has 0 unspecified atom stereocenters. The van der Waals surface area contributed by atoms with Crippen molar-refractivity contribution in [3.05, 3.63) is 57.9 Å². The van der Waals surface area contributed by atoms with Gasteiger partial charge in [0, 0.05) is 12.1 Å². The summed E-state index contributed by atoms with van der Waals surface area (Å²) >= 11 is 6.07. The maximum Gasteiger partial charge on any atom is 0.416 e. The second kappa shape index (κ2) is 6.77. The Hall–Kier alpha value is -2.61. The van der Waals surface area contributed by atoms with E-state index in [1.165, 1.54) is 13.0 Å². The number of aromatic nitrogens is 1. The average Bonchev–Trinajstić information content (AvgIpc) is 3.09. The molecule has 1 atom stereocenters. The number of hydrogen-bond donors (Lipinski definition) is 1. The predicted octanol–water partition coefficient (Wildman–Crippen LogP) is 4.35. The molecule has 0 aliphatic carbocycles. The van der Waals surface area contributed by atoms with Crippen molar-refractivity contribution >= 4 is 29.1 Å². The molecule has 1 aromatic carbocycles. The maximum absolute atomic E-state index is 13.3. The molecule has 28 heavy (non-hydrogen) atoms. The van der Waals surface area contributed by atoms with Crippen LogP contribution in [0.15, 0.2) is 40.4 Å². The van der Waals surface area contributed by atoms with Crippen LogP contribution in [-0.4, -0.2) is 29.9 Å². The number of nitrogens with one attached hydrogen (secondary N) is 1. The lowest BCUT2D eigenvalue weighted by Gasteiger charge is -2.29. The van der Waals surface area contributed by atoms with Crippen molar-refractivity contribution in [1.82, 2.24) is 10.3 Å². The highest BCUT2D eigenvalue weighted by atomic mass is 35.5. The van der Waals surface area contributed by atoms with Gasteiger partial charge in [-0.25, -0.2) is 9.98 Å². The molecule has 9 heteroatoms. The molecule has 1 N–H and O–H groups in total. The number of anilines is 1. The second-order valence-corrected chi connectivity index (χ2v) is 7.09. The summed E-state index contributed by atoms with van der Waals surface area (Å²) in [7, 11) is 0. The summed E-state index contributed by atoms with van der Waals surface area (Å²) in [5.41, 5.74) is 1.68. The van der Waals surface area contributed by atoms with Gasteiger partial charge in [0.1, 0.15) is 11.0 Å². The summed E-state index contributed by atoms with van der Waals surface area (Å²) in [6.07, 6.45) is -2.73. The van der Waals surface area contributed by atoms with Crippen molar-refractivity contribution < 1.29 is 13.2 Å². The van der Waals surface area contributed by atoms with Crippen LogP contribution < -0.4 is 10.2 Å². The van der Waals surface area contributed by atoms with Gasteiger partial charge in [0.15, 0.2) is 0 Å². The van der Waals surface area contributed by atoms with Crippen molar-refractivity contribution in [3.8, 4) is 0 Å². The summed E-state index contributed by atoms with van der Waals surface area (Å²) in [6, 6.07) is 5.49. The zero-order valence-electron chi connectivity index (χ0n) is 15.2. The topological polar surface area (TPSA) is 52.9 Å². The van der Waals surface area contributed by atoms with Crippen LogP contribution in [-0.2, 0) is 6.18 Å². The molecule has 0 saturated carbocycles. The first-order valence-electron chi connectivity index (χ1n) is 8.75. The molecule has 0 spiro atoms. The zero-order chi connectivity index (χ0) is 20.1. The monoisotopic (exact) mass is 407 g/mol. The van der Waals surface area contributed by atoms with Crippen LogP contribution in [0.25, 0.3) is 0 Å². The van der Waals surface area contributed by atoms with Gasteiger partial charge in [-0.05, 0) is 37.1 Å². The lowest BCUT2D eigenvalue weighted by atomic mass is 9.97. The largest absolute Gasteiger partial charge is 0.416 e. The van der Waals surface area contributed by atoms with Crippen LogP contribution in [0.1, 0.15) is 35.2 Å². The molecule has 5 nitrogen and oxygen atoms in total. The normalized spacial score (nSPS) is 16.9. The third-order valence-electron chi connectivity index (χ3n) is 4.93. The van der Waals surface area contributed by atoms with E-state index in [9.17, 15) is 13.2 Å². The molecule has 0 radical (unpaired) electrons. The Morgan fingerprint density at radius 2 is 2.07 bits per heavy atom. The minimum Gasteiger partial charge on any atom is -0.363 e. The highest BCUT2D eigenvalue weighted by Crippen LogP contribution is 2.35. The molecule has 2 aliphatic rings.